The number of carboxylic acids is 1. The van der Waals surface area contributed by atoms with Crippen molar-refractivity contribution in [2.75, 3.05) is 18.0 Å². The maximum Gasteiger partial charge on any atom is 0.339 e. The molecule has 0 saturated carbocycles. The Hall–Kier alpha value is -2.10. The van der Waals surface area contributed by atoms with Gasteiger partial charge in [0, 0.05) is 18.5 Å². The van der Waals surface area contributed by atoms with Crippen molar-refractivity contribution in [3.05, 3.63) is 34.9 Å². The zero-order valence-electron chi connectivity index (χ0n) is 12.4. The van der Waals surface area contributed by atoms with Crippen molar-refractivity contribution in [3.63, 3.8) is 0 Å². The van der Waals surface area contributed by atoms with Crippen molar-refractivity contribution < 1.29 is 9.90 Å². The molecule has 0 amide bonds. The molecule has 106 valence electrons. The molecule has 2 rings (SSSR count). The number of rotatable bonds is 4. The van der Waals surface area contributed by atoms with Crippen LogP contribution in [0.5, 0.6) is 0 Å². The Kier molecular flexibility index (Phi) is 3.93. The van der Waals surface area contributed by atoms with Crippen LogP contribution in [0.1, 0.15) is 35.3 Å². The van der Waals surface area contributed by atoms with Gasteiger partial charge in [-0.15, -0.1) is 0 Å². The summed E-state index contributed by atoms with van der Waals surface area (Å²) in [6, 6.07) is 5.66. The van der Waals surface area contributed by atoms with Crippen LogP contribution in [0.4, 0.5) is 5.82 Å². The lowest BCUT2D eigenvalue weighted by Gasteiger charge is -2.22. The Morgan fingerprint density at radius 3 is 2.45 bits per heavy atom. The summed E-state index contributed by atoms with van der Waals surface area (Å²) in [4.78, 5) is 18.1. The van der Waals surface area contributed by atoms with E-state index in [1.54, 1.807) is 6.07 Å². The first-order valence-electron chi connectivity index (χ1n) is 6.88. The number of carboxylic acid groups (broad SMARTS) is 1. The van der Waals surface area contributed by atoms with Gasteiger partial charge in [0.15, 0.2) is 0 Å². The zero-order valence-corrected chi connectivity index (χ0v) is 12.4. The minimum atomic E-state index is -0.931. The summed E-state index contributed by atoms with van der Waals surface area (Å²) in [6.07, 6.45) is 0. The number of aromatic nitrogens is 1. The Labute approximate surface area is 119 Å². The van der Waals surface area contributed by atoms with E-state index in [1.807, 2.05) is 44.7 Å². The van der Waals surface area contributed by atoms with Crippen molar-refractivity contribution in [1.82, 2.24) is 4.98 Å². The summed E-state index contributed by atoms with van der Waals surface area (Å²) >= 11 is 0. The molecular formula is C16H20N2O2. The molecule has 2 aromatic rings. The molecule has 4 nitrogen and oxygen atoms in total. The fourth-order valence-electron chi connectivity index (χ4n) is 2.39. The van der Waals surface area contributed by atoms with Gasteiger partial charge in [-0.25, -0.2) is 9.78 Å². The van der Waals surface area contributed by atoms with E-state index in [1.165, 1.54) is 5.56 Å². The van der Waals surface area contributed by atoms with E-state index in [9.17, 15) is 9.90 Å². The summed E-state index contributed by atoms with van der Waals surface area (Å²) < 4.78 is 0. The zero-order chi connectivity index (χ0) is 14.9. The average Bonchev–Trinajstić information content (AvgIpc) is 2.44. The topological polar surface area (TPSA) is 53.4 Å². The molecule has 0 radical (unpaired) electrons. The molecule has 0 atom stereocenters. The van der Waals surface area contributed by atoms with E-state index < -0.39 is 5.97 Å². The number of nitrogens with zero attached hydrogens (tertiary/aromatic N) is 2. The van der Waals surface area contributed by atoms with Crippen molar-refractivity contribution in [3.8, 4) is 0 Å². The highest BCUT2D eigenvalue weighted by Gasteiger charge is 2.18. The molecule has 0 saturated heterocycles. The van der Waals surface area contributed by atoms with Crippen LogP contribution in [0.3, 0.4) is 0 Å². The van der Waals surface area contributed by atoms with E-state index >= 15 is 0 Å². The molecule has 0 spiro atoms. The van der Waals surface area contributed by atoms with Crippen LogP contribution in [0.25, 0.3) is 10.9 Å². The number of hydrogen-bond acceptors (Lipinski definition) is 3. The number of pyridine rings is 1. The number of hydrogen-bond donors (Lipinski definition) is 1. The first-order chi connectivity index (χ1) is 9.49. The average molecular weight is 272 g/mol. The van der Waals surface area contributed by atoms with Gasteiger partial charge in [0.2, 0.25) is 0 Å². The molecule has 0 unspecified atom stereocenters. The molecule has 0 aliphatic rings. The van der Waals surface area contributed by atoms with Gasteiger partial charge in [0.05, 0.1) is 5.52 Å². The van der Waals surface area contributed by atoms with Crippen molar-refractivity contribution in [1.29, 1.82) is 0 Å². The molecule has 0 aliphatic heterocycles. The number of aryl methyl sites for hydroxylation is 2. The SMILES string of the molecule is CCN(CC)c1nc2c(C)c(C)ccc2cc1C(=O)O. The minimum absolute atomic E-state index is 0.268. The molecule has 0 bridgehead atoms. The van der Waals surface area contributed by atoms with Crippen LogP contribution in [0, 0.1) is 13.8 Å². The van der Waals surface area contributed by atoms with Gasteiger partial charge in [-0.05, 0) is 44.9 Å². The summed E-state index contributed by atoms with van der Waals surface area (Å²) in [6.45, 7) is 9.55. The third kappa shape index (κ3) is 2.33. The van der Waals surface area contributed by atoms with Gasteiger partial charge in [0.25, 0.3) is 0 Å². The fourth-order valence-corrected chi connectivity index (χ4v) is 2.39. The van der Waals surface area contributed by atoms with Crippen molar-refractivity contribution in [2.24, 2.45) is 0 Å². The summed E-state index contributed by atoms with van der Waals surface area (Å²) in [5, 5.41) is 10.3. The third-order valence-corrected chi connectivity index (χ3v) is 3.78. The molecule has 4 heteroatoms. The second-order valence-electron chi connectivity index (χ2n) is 4.92. The van der Waals surface area contributed by atoms with Gasteiger partial charge in [-0.3, -0.25) is 0 Å². The highest BCUT2D eigenvalue weighted by molar-refractivity contribution is 5.99. The second kappa shape index (κ2) is 5.49. The minimum Gasteiger partial charge on any atom is -0.478 e. The Morgan fingerprint density at radius 2 is 1.90 bits per heavy atom. The predicted octanol–water partition coefficient (Wildman–Crippen LogP) is 3.40. The highest BCUT2D eigenvalue weighted by Crippen LogP contribution is 2.27. The monoisotopic (exact) mass is 272 g/mol. The molecule has 1 aromatic carbocycles. The van der Waals surface area contributed by atoms with Gasteiger partial charge < -0.3 is 10.0 Å². The molecule has 1 heterocycles. The van der Waals surface area contributed by atoms with Crippen LogP contribution in [0.15, 0.2) is 18.2 Å². The van der Waals surface area contributed by atoms with Gasteiger partial charge in [0.1, 0.15) is 11.4 Å². The number of anilines is 1. The van der Waals surface area contributed by atoms with E-state index in [0.29, 0.717) is 5.82 Å². The molecule has 1 N–H and O–H groups in total. The second-order valence-corrected chi connectivity index (χ2v) is 4.92. The Balaban J connectivity index is 2.79. The van der Waals surface area contributed by atoms with Crippen LogP contribution in [-0.4, -0.2) is 29.1 Å². The largest absolute Gasteiger partial charge is 0.478 e. The van der Waals surface area contributed by atoms with Gasteiger partial charge in [-0.2, -0.15) is 0 Å². The number of benzene rings is 1. The molecule has 0 aliphatic carbocycles. The normalized spacial score (nSPS) is 10.8. The van der Waals surface area contributed by atoms with Gasteiger partial charge in [-0.1, -0.05) is 12.1 Å². The standard InChI is InChI=1S/C16H20N2O2/c1-5-18(6-2)15-13(16(19)20)9-12-8-7-10(3)11(4)14(12)17-15/h7-9H,5-6H2,1-4H3,(H,19,20). The van der Waals surface area contributed by atoms with Crippen molar-refractivity contribution in [2.45, 2.75) is 27.7 Å². The lowest BCUT2D eigenvalue weighted by atomic mass is 10.0. The third-order valence-electron chi connectivity index (χ3n) is 3.78. The van der Waals surface area contributed by atoms with E-state index in [2.05, 4.69) is 4.98 Å². The number of carbonyl (C=O) groups is 1. The summed E-state index contributed by atoms with van der Waals surface area (Å²) in [5.41, 5.74) is 3.42. The molecule has 0 fully saturated rings. The number of fused-ring (bicyclic) bond motifs is 1. The van der Waals surface area contributed by atoms with Gasteiger partial charge >= 0.3 is 5.97 Å². The van der Waals surface area contributed by atoms with Crippen LogP contribution >= 0.6 is 0 Å². The van der Waals surface area contributed by atoms with Crippen LogP contribution in [0.2, 0.25) is 0 Å². The van der Waals surface area contributed by atoms with Crippen LogP contribution < -0.4 is 4.90 Å². The predicted molar refractivity (Wildman–Crippen MR) is 81.7 cm³/mol. The first-order valence-corrected chi connectivity index (χ1v) is 6.88. The highest BCUT2D eigenvalue weighted by atomic mass is 16.4. The maximum atomic E-state index is 11.5. The summed E-state index contributed by atoms with van der Waals surface area (Å²) in [7, 11) is 0. The molecule has 20 heavy (non-hydrogen) atoms. The van der Waals surface area contributed by atoms with E-state index in [-0.39, 0.29) is 5.56 Å². The lowest BCUT2D eigenvalue weighted by molar-refractivity contribution is 0.0697. The maximum absolute atomic E-state index is 11.5. The Bertz CT molecular complexity index is 661. The first kappa shape index (κ1) is 14.3. The molecule has 1 aromatic heterocycles. The number of aromatic carboxylic acids is 1. The van der Waals surface area contributed by atoms with Crippen molar-refractivity contribution >= 4 is 22.7 Å². The molecular weight excluding hydrogens is 252 g/mol. The quantitative estimate of drug-likeness (QED) is 0.926. The fraction of sp³-hybridized carbons (Fsp3) is 0.375. The van der Waals surface area contributed by atoms with Crippen LogP contribution in [-0.2, 0) is 0 Å². The smallest absolute Gasteiger partial charge is 0.339 e. The lowest BCUT2D eigenvalue weighted by Crippen LogP contribution is -2.25. The van der Waals surface area contributed by atoms with E-state index in [4.69, 9.17) is 0 Å². The summed E-state index contributed by atoms with van der Waals surface area (Å²) in [5.74, 6) is -0.372. The van der Waals surface area contributed by atoms with E-state index in [0.717, 1.165) is 29.6 Å². The Morgan fingerprint density at radius 1 is 1.25 bits per heavy atom.